The van der Waals surface area contributed by atoms with Crippen LogP contribution < -0.4 is 0 Å². The molecule has 1 saturated heterocycles. The molecule has 6 nitrogen and oxygen atoms in total. The summed E-state index contributed by atoms with van der Waals surface area (Å²) in [7, 11) is 0. The second-order valence-electron chi connectivity index (χ2n) is 4.01. The topological polar surface area (TPSA) is 76.6 Å². The summed E-state index contributed by atoms with van der Waals surface area (Å²) in [5.41, 5.74) is 0.245. The van der Waals surface area contributed by atoms with Gasteiger partial charge in [-0.2, -0.15) is 0 Å². The van der Waals surface area contributed by atoms with Crippen LogP contribution >= 0.6 is 15.9 Å². The van der Waals surface area contributed by atoms with Crippen LogP contribution in [0.5, 0.6) is 0 Å². The highest BCUT2D eigenvalue weighted by Gasteiger charge is 2.27. The number of carbonyl (C=O) groups is 3. The molecule has 1 aliphatic heterocycles. The molecule has 1 fully saturated rings. The van der Waals surface area contributed by atoms with Crippen LogP contribution in [0.25, 0.3) is 0 Å². The maximum Gasteiger partial charge on any atom is 0.340 e. The van der Waals surface area contributed by atoms with Crippen LogP contribution in [0.3, 0.4) is 0 Å². The van der Waals surface area contributed by atoms with E-state index < -0.39 is 18.5 Å². The molecule has 0 spiro atoms. The van der Waals surface area contributed by atoms with Crippen LogP contribution in [0, 0.1) is 0 Å². The highest BCUT2D eigenvalue weighted by Crippen LogP contribution is 2.12. The Morgan fingerprint density at radius 1 is 1.42 bits per heavy atom. The quantitative estimate of drug-likeness (QED) is 0.779. The van der Waals surface area contributed by atoms with Crippen molar-refractivity contribution in [2.45, 2.75) is 12.8 Å². The first-order valence-corrected chi connectivity index (χ1v) is 6.48. The Morgan fingerprint density at radius 2 is 2.21 bits per heavy atom. The maximum atomic E-state index is 11.7. The minimum absolute atomic E-state index is 0.217. The Balaban J connectivity index is 1.90. The smallest absolute Gasteiger partial charge is 0.340 e. The lowest BCUT2D eigenvalue weighted by Crippen LogP contribution is -2.35. The zero-order chi connectivity index (χ0) is 13.8. The second-order valence-corrected chi connectivity index (χ2v) is 4.93. The number of aromatic nitrogens is 1. The number of rotatable bonds is 3. The van der Waals surface area contributed by atoms with Gasteiger partial charge < -0.3 is 4.74 Å². The van der Waals surface area contributed by atoms with Crippen molar-refractivity contribution in [3.8, 4) is 0 Å². The third kappa shape index (κ3) is 3.37. The molecule has 0 unspecified atom stereocenters. The first kappa shape index (κ1) is 13.7. The normalized spacial score (nSPS) is 14.6. The number of ether oxygens (including phenoxy) is 1. The molecule has 0 bridgehead atoms. The molecule has 100 valence electrons. The molecule has 0 atom stereocenters. The summed E-state index contributed by atoms with van der Waals surface area (Å²) in [6.45, 7) is -0.0370. The molecule has 2 amide bonds. The van der Waals surface area contributed by atoms with Crippen LogP contribution in [-0.2, 0) is 14.3 Å². The minimum Gasteiger partial charge on any atom is -0.452 e. The van der Waals surface area contributed by atoms with Gasteiger partial charge in [0.25, 0.3) is 5.91 Å². The summed E-state index contributed by atoms with van der Waals surface area (Å²) in [4.78, 5) is 39.6. The monoisotopic (exact) mass is 326 g/mol. The van der Waals surface area contributed by atoms with E-state index in [1.807, 2.05) is 0 Å². The van der Waals surface area contributed by atoms with Gasteiger partial charge in [-0.1, -0.05) is 0 Å². The zero-order valence-corrected chi connectivity index (χ0v) is 11.6. The van der Waals surface area contributed by atoms with Gasteiger partial charge in [0.1, 0.15) is 0 Å². The number of amides is 2. The highest BCUT2D eigenvalue weighted by molar-refractivity contribution is 9.10. The van der Waals surface area contributed by atoms with E-state index in [1.165, 1.54) is 12.4 Å². The molecule has 0 aromatic carbocycles. The number of hydrogen-bond donors (Lipinski definition) is 0. The number of nitrogens with zero attached hydrogens (tertiary/aromatic N) is 2. The fourth-order valence-corrected chi connectivity index (χ4v) is 2.09. The number of likely N-dealkylation sites (tertiary alicyclic amines) is 1. The molecule has 1 aliphatic rings. The zero-order valence-electron chi connectivity index (χ0n) is 9.97. The van der Waals surface area contributed by atoms with Crippen molar-refractivity contribution >= 4 is 33.7 Å². The third-order valence-corrected chi connectivity index (χ3v) is 3.08. The second kappa shape index (κ2) is 5.92. The Bertz CT molecular complexity index is 532. The van der Waals surface area contributed by atoms with Gasteiger partial charge in [0, 0.05) is 29.8 Å². The van der Waals surface area contributed by atoms with Crippen molar-refractivity contribution in [2.75, 3.05) is 13.2 Å². The Morgan fingerprint density at radius 3 is 2.84 bits per heavy atom. The van der Waals surface area contributed by atoms with Crippen LogP contribution in [-0.4, -0.2) is 40.8 Å². The molecule has 1 aromatic rings. The molecule has 2 heterocycles. The van der Waals surface area contributed by atoms with Crippen molar-refractivity contribution in [3.63, 3.8) is 0 Å². The number of halogens is 1. The molecule has 0 aliphatic carbocycles. The predicted molar refractivity (Wildman–Crippen MR) is 68.2 cm³/mol. The van der Waals surface area contributed by atoms with Crippen LogP contribution in [0.2, 0.25) is 0 Å². The number of imide groups is 1. The van der Waals surface area contributed by atoms with Crippen LogP contribution in [0.15, 0.2) is 22.9 Å². The highest BCUT2D eigenvalue weighted by atomic mass is 79.9. The summed E-state index contributed by atoms with van der Waals surface area (Å²) >= 11 is 3.18. The van der Waals surface area contributed by atoms with Crippen molar-refractivity contribution in [2.24, 2.45) is 0 Å². The predicted octanol–water partition coefficient (Wildman–Crippen LogP) is 1.15. The SMILES string of the molecule is O=C(OCC(=O)N1CCCC1=O)c1cncc(Br)c1. The lowest BCUT2D eigenvalue weighted by Gasteiger charge is -2.13. The van der Waals surface area contributed by atoms with E-state index in [0.717, 1.165) is 4.90 Å². The first-order chi connectivity index (χ1) is 9.08. The summed E-state index contributed by atoms with van der Waals surface area (Å²) in [6, 6.07) is 1.54. The van der Waals surface area contributed by atoms with E-state index in [1.54, 1.807) is 6.07 Å². The molecular weight excluding hydrogens is 316 g/mol. The van der Waals surface area contributed by atoms with E-state index in [0.29, 0.717) is 23.9 Å². The van der Waals surface area contributed by atoms with Crippen LogP contribution in [0.1, 0.15) is 23.2 Å². The fourth-order valence-electron chi connectivity index (χ4n) is 1.72. The van der Waals surface area contributed by atoms with Gasteiger partial charge in [0.15, 0.2) is 6.61 Å². The third-order valence-electron chi connectivity index (χ3n) is 2.64. The molecule has 2 rings (SSSR count). The average Bonchev–Trinajstić information content (AvgIpc) is 2.82. The van der Waals surface area contributed by atoms with Crippen molar-refractivity contribution in [3.05, 3.63) is 28.5 Å². The van der Waals surface area contributed by atoms with Gasteiger partial charge in [0.2, 0.25) is 5.91 Å². The largest absolute Gasteiger partial charge is 0.452 e. The Kier molecular flexibility index (Phi) is 4.26. The van der Waals surface area contributed by atoms with Crippen molar-refractivity contribution < 1.29 is 19.1 Å². The molecular formula is C12H11BrN2O4. The summed E-state index contributed by atoms with van der Waals surface area (Å²) in [5.74, 6) is -1.35. The number of esters is 1. The standard InChI is InChI=1S/C12H11BrN2O4/c13-9-4-8(5-14-6-9)12(18)19-7-11(17)15-3-1-2-10(15)16/h4-6H,1-3,7H2. The average molecular weight is 327 g/mol. The summed E-state index contributed by atoms with van der Waals surface area (Å²) < 4.78 is 5.50. The molecule has 7 heteroatoms. The first-order valence-electron chi connectivity index (χ1n) is 5.69. The maximum absolute atomic E-state index is 11.7. The van der Waals surface area contributed by atoms with E-state index >= 15 is 0 Å². The molecule has 19 heavy (non-hydrogen) atoms. The Hall–Kier alpha value is -1.76. The van der Waals surface area contributed by atoms with Gasteiger partial charge in [-0.3, -0.25) is 19.5 Å². The molecule has 1 aromatic heterocycles. The van der Waals surface area contributed by atoms with Gasteiger partial charge in [-0.05, 0) is 28.4 Å². The Labute approximate surface area is 117 Å². The number of hydrogen-bond acceptors (Lipinski definition) is 5. The van der Waals surface area contributed by atoms with Crippen molar-refractivity contribution in [1.82, 2.24) is 9.88 Å². The van der Waals surface area contributed by atoms with Gasteiger partial charge in [-0.25, -0.2) is 4.79 Å². The van der Waals surface area contributed by atoms with E-state index in [9.17, 15) is 14.4 Å². The van der Waals surface area contributed by atoms with E-state index in [4.69, 9.17) is 4.74 Å². The fraction of sp³-hybridized carbons (Fsp3) is 0.333. The summed E-state index contributed by atoms with van der Waals surface area (Å²) in [6.07, 6.45) is 3.91. The number of carbonyl (C=O) groups excluding carboxylic acids is 3. The molecule has 0 radical (unpaired) electrons. The lowest BCUT2D eigenvalue weighted by molar-refractivity contribution is -0.143. The number of pyridine rings is 1. The molecule has 0 N–H and O–H groups in total. The van der Waals surface area contributed by atoms with Crippen molar-refractivity contribution in [1.29, 1.82) is 0 Å². The molecule has 0 saturated carbocycles. The van der Waals surface area contributed by atoms with Crippen LogP contribution in [0.4, 0.5) is 0 Å². The summed E-state index contributed by atoms with van der Waals surface area (Å²) in [5, 5.41) is 0. The lowest BCUT2D eigenvalue weighted by atomic mass is 10.3. The van der Waals surface area contributed by atoms with Gasteiger partial charge in [-0.15, -0.1) is 0 Å². The van der Waals surface area contributed by atoms with E-state index in [-0.39, 0.29) is 11.5 Å². The van der Waals surface area contributed by atoms with E-state index in [2.05, 4.69) is 20.9 Å². The van der Waals surface area contributed by atoms with Gasteiger partial charge >= 0.3 is 5.97 Å². The minimum atomic E-state index is -0.645. The van der Waals surface area contributed by atoms with Gasteiger partial charge in [0.05, 0.1) is 5.56 Å².